The zero-order chi connectivity index (χ0) is 26.3. The van der Waals surface area contributed by atoms with E-state index < -0.39 is 6.04 Å². The van der Waals surface area contributed by atoms with Crippen LogP contribution in [0.5, 0.6) is 5.75 Å². The summed E-state index contributed by atoms with van der Waals surface area (Å²) >= 11 is 0. The second-order valence-corrected chi connectivity index (χ2v) is 9.23. The summed E-state index contributed by atoms with van der Waals surface area (Å²) < 4.78 is 16.4. The number of methoxy groups -OCH3 is 1. The fourth-order valence-corrected chi connectivity index (χ4v) is 4.67. The maximum absolute atomic E-state index is 13.7. The Bertz CT molecular complexity index is 1310. The van der Waals surface area contributed by atoms with Crippen molar-refractivity contribution in [2.75, 3.05) is 7.11 Å². The predicted octanol–water partition coefficient (Wildman–Crippen LogP) is 3.75. The van der Waals surface area contributed by atoms with E-state index in [1.54, 1.807) is 43.5 Å². The zero-order valence-corrected chi connectivity index (χ0v) is 21.2. The first kappa shape index (κ1) is 25.2. The van der Waals surface area contributed by atoms with Crippen molar-refractivity contribution < 1.29 is 23.2 Å². The van der Waals surface area contributed by atoms with Crippen LogP contribution < -0.4 is 10.1 Å². The van der Waals surface area contributed by atoms with Crippen LogP contribution in [0.2, 0.25) is 0 Å². The molecule has 0 radical (unpaired) electrons. The summed E-state index contributed by atoms with van der Waals surface area (Å²) in [5.74, 6) is 1.29. The summed E-state index contributed by atoms with van der Waals surface area (Å²) in [5, 5.41) is 15.7. The fourth-order valence-electron chi connectivity index (χ4n) is 4.67. The third-order valence-corrected chi connectivity index (χ3v) is 6.63. The maximum Gasteiger partial charge on any atom is 0.250 e. The Labute approximate surface area is 219 Å². The van der Waals surface area contributed by atoms with Gasteiger partial charge in [-0.25, -0.2) is 0 Å². The Hall–Kier alpha value is -4.41. The van der Waals surface area contributed by atoms with E-state index in [4.69, 9.17) is 13.6 Å². The van der Waals surface area contributed by atoms with E-state index in [9.17, 15) is 9.59 Å². The molecule has 0 saturated heterocycles. The number of hydrogen-bond acceptors (Lipinski definition) is 8. The topological polar surface area (TPSA) is 129 Å². The molecule has 1 aliphatic rings. The summed E-state index contributed by atoms with van der Waals surface area (Å²) in [7, 11) is 1.59. The highest BCUT2D eigenvalue weighted by molar-refractivity contribution is 5.88. The molecule has 1 atom stereocenters. The molecule has 5 rings (SSSR count). The molecule has 2 amide bonds. The Morgan fingerprint density at radius 1 is 1.08 bits per heavy atom. The van der Waals surface area contributed by atoms with Crippen molar-refractivity contribution in [3.8, 4) is 17.1 Å². The third-order valence-electron chi connectivity index (χ3n) is 6.63. The molecule has 3 heterocycles. The molecule has 1 aromatic carbocycles. The minimum absolute atomic E-state index is 0.0648. The van der Waals surface area contributed by atoms with Gasteiger partial charge in [0.25, 0.3) is 5.91 Å². The second-order valence-electron chi connectivity index (χ2n) is 9.23. The lowest BCUT2D eigenvalue weighted by Crippen LogP contribution is -2.47. The van der Waals surface area contributed by atoms with Crippen molar-refractivity contribution in [1.82, 2.24) is 30.4 Å². The predicted molar refractivity (Wildman–Crippen MR) is 136 cm³/mol. The van der Waals surface area contributed by atoms with Crippen LogP contribution in [0.1, 0.15) is 49.7 Å². The Balaban J connectivity index is 1.39. The van der Waals surface area contributed by atoms with Crippen LogP contribution in [0.25, 0.3) is 11.4 Å². The molecule has 0 aliphatic heterocycles. The van der Waals surface area contributed by atoms with Gasteiger partial charge in [0, 0.05) is 11.6 Å². The molecule has 11 heteroatoms. The molecule has 0 bridgehead atoms. The molecule has 0 unspecified atom stereocenters. The van der Waals surface area contributed by atoms with Gasteiger partial charge in [0.2, 0.25) is 11.7 Å². The monoisotopic (exact) mass is 518 g/mol. The number of ether oxygens (including phenoxy) is 1. The zero-order valence-electron chi connectivity index (χ0n) is 21.2. The number of furan rings is 2. The number of rotatable bonds is 10. The van der Waals surface area contributed by atoms with E-state index in [0.29, 0.717) is 23.1 Å². The molecule has 0 spiro atoms. The van der Waals surface area contributed by atoms with Crippen LogP contribution in [0.3, 0.4) is 0 Å². The van der Waals surface area contributed by atoms with Gasteiger partial charge in [-0.3, -0.25) is 9.59 Å². The van der Waals surface area contributed by atoms with Crippen molar-refractivity contribution in [3.63, 3.8) is 0 Å². The number of carbonyl (C=O) groups is 2. The van der Waals surface area contributed by atoms with Gasteiger partial charge < -0.3 is 23.8 Å². The number of nitrogens with one attached hydrogen (secondary N) is 1. The van der Waals surface area contributed by atoms with Gasteiger partial charge >= 0.3 is 0 Å². The van der Waals surface area contributed by atoms with Crippen molar-refractivity contribution in [3.05, 3.63) is 72.6 Å². The summed E-state index contributed by atoms with van der Waals surface area (Å²) in [6.07, 6.45) is 8.16. The van der Waals surface area contributed by atoms with Crippen LogP contribution in [0, 0.1) is 0 Å². The van der Waals surface area contributed by atoms with Crippen molar-refractivity contribution >= 4 is 11.8 Å². The number of aromatic nitrogens is 4. The largest absolute Gasteiger partial charge is 0.497 e. The Morgan fingerprint density at radius 2 is 1.84 bits per heavy atom. The van der Waals surface area contributed by atoms with E-state index in [0.717, 1.165) is 31.2 Å². The minimum atomic E-state index is -0.992. The molecule has 198 valence electrons. The van der Waals surface area contributed by atoms with E-state index in [2.05, 4.69) is 20.7 Å². The number of benzene rings is 1. The summed E-state index contributed by atoms with van der Waals surface area (Å²) in [4.78, 5) is 30.0. The fraction of sp³-hybridized carbons (Fsp3) is 0.370. The first-order valence-corrected chi connectivity index (χ1v) is 12.7. The molecule has 1 fully saturated rings. The van der Waals surface area contributed by atoms with Crippen LogP contribution in [-0.2, 0) is 22.7 Å². The molecule has 1 aliphatic carbocycles. The highest BCUT2D eigenvalue weighted by atomic mass is 16.5. The van der Waals surface area contributed by atoms with Crippen LogP contribution in [-0.4, -0.2) is 50.1 Å². The summed E-state index contributed by atoms with van der Waals surface area (Å²) in [6.45, 7) is -0.160. The standard InChI is InChI=1S/C27H30N6O5/c1-36-21-13-11-19(12-14-21)26-29-31-33(30-26)18-24(34)32(17-22-9-5-15-37-22)25(23-10-6-16-38-23)27(35)28-20-7-3-2-4-8-20/h5-6,9-16,20,25H,2-4,7-8,17-18H2,1H3,(H,28,35)/t25-/m0/s1. The van der Waals surface area contributed by atoms with Gasteiger partial charge in [-0.1, -0.05) is 19.3 Å². The molecular formula is C27H30N6O5. The lowest BCUT2D eigenvalue weighted by molar-refractivity contribution is -0.143. The van der Waals surface area contributed by atoms with Crippen molar-refractivity contribution in [2.45, 2.75) is 57.3 Å². The molecular weight excluding hydrogens is 488 g/mol. The van der Waals surface area contributed by atoms with Gasteiger partial charge in [-0.05, 0) is 66.6 Å². The van der Waals surface area contributed by atoms with Crippen LogP contribution in [0.4, 0.5) is 0 Å². The molecule has 3 aromatic heterocycles. The molecule has 4 aromatic rings. The van der Waals surface area contributed by atoms with Crippen LogP contribution >= 0.6 is 0 Å². The Morgan fingerprint density at radius 3 is 2.53 bits per heavy atom. The maximum atomic E-state index is 13.7. The number of amides is 2. The number of tetrazole rings is 1. The van der Waals surface area contributed by atoms with Gasteiger partial charge in [0.15, 0.2) is 6.04 Å². The van der Waals surface area contributed by atoms with Gasteiger partial charge in [-0.2, -0.15) is 4.80 Å². The first-order valence-electron chi connectivity index (χ1n) is 12.7. The Kier molecular flexibility index (Phi) is 7.81. The highest BCUT2D eigenvalue weighted by Crippen LogP contribution is 2.27. The molecule has 1 saturated carbocycles. The van der Waals surface area contributed by atoms with Crippen LogP contribution in [0.15, 0.2) is 69.9 Å². The second kappa shape index (κ2) is 11.8. The molecule has 1 N–H and O–H groups in total. The average Bonchev–Trinajstić information content (AvgIpc) is 3.73. The summed E-state index contributed by atoms with van der Waals surface area (Å²) in [5.41, 5.74) is 0.734. The smallest absolute Gasteiger partial charge is 0.250 e. The number of nitrogens with zero attached hydrogens (tertiary/aromatic N) is 5. The average molecular weight is 519 g/mol. The normalized spacial score (nSPS) is 14.7. The molecule has 38 heavy (non-hydrogen) atoms. The number of hydrogen-bond donors (Lipinski definition) is 1. The summed E-state index contributed by atoms with van der Waals surface area (Å²) in [6, 6.07) is 13.2. The quantitative estimate of drug-likeness (QED) is 0.336. The SMILES string of the molecule is COc1ccc(-c2nnn(CC(=O)N(Cc3ccco3)[C@H](C(=O)NC3CCCCC3)c3ccco3)n2)cc1. The highest BCUT2D eigenvalue weighted by Gasteiger charge is 2.35. The van der Waals surface area contributed by atoms with Crippen molar-refractivity contribution in [2.24, 2.45) is 0 Å². The first-order chi connectivity index (χ1) is 18.6. The van der Waals surface area contributed by atoms with E-state index in [1.807, 2.05) is 12.1 Å². The van der Waals surface area contributed by atoms with E-state index in [-0.39, 0.29) is 30.9 Å². The van der Waals surface area contributed by atoms with E-state index in [1.165, 1.54) is 28.6 Å². The lowest BCUT2D eigenvalue weighted by Gasteiger charge is -2.31. The minimum Gasteiger partial charge on any atom is -0.497 e. The van der Waals surface area contributed by atoms with Gasteiger partial charge in [-0.15, -0.1) is 10.2 Å². The molecule has 11 nitrogen and oxygen atoms in total. The third kappa shape index (κ3) is 5.93. The van der Waals surface area contributed by atoms with Crippen molar-refractivity contribution in [1.29, 1.82) is 0 Å². The van der Waals surface area contributed by atoms with Gasteiger partial charge in [0.1, 0.15) is 23.8 Å². The lowest BCUT2D eigenvalue weighted by atomic mass is 9.95. The van der Waals surface area contributed by atoms with E-state index >= 15 is 0 Å². The van der Waals surface area contributed by atoms with Gasteiger partial charge in [0.05, 0.1) is 26.2 Å². The number of carbonyl (C=O) groups excluding carboxylic acids is 2.